The van der Waals surface area contributed by atoms with E-state index in [4.69, 9.17) is 0 Å². The molecule has 1 aromatic rings. The number of rotatable bonds is 7. The van der Waals surface area contributed by atoms with Crippen LogP contribution in [0, 0.1) is 11.6 Å². The molecular formula is C16H24F2N2. The van der Waals surface area contributed by atoms with Crippen molar-refractivity contribution in [1.82, 2.24) is 10.2 Å². The average Bonchev–Trinajstić information content (AvgIpc) is 2.91. The second-order valence-electron chi connectivity index (χ2n) is 5.55. The fourth-order valence-corrected chi connectivity index (χ4v) is 2.80. The zero-order valence-corrected chi connectivity index (χ0v) is 12.2. The van der Waals surface area contributed by atoms with E-state index >= 15 is 0 Å². The van der Waals surface area contributed by atoms with Gasteiger partial charge in [0, 0.05) is 12.1 Å². The number of nitrogens with zero attached hydrogens (tertiary/aromatic N) is 1. The lowest BCUT2D eigenvalue weighted by atomic mass is 10.0. The van der Waals surface area contributed by atoms with Gasteiger partial charge in [0.05, 0.1) is 0 Å². The molecule has 0 radical (unpaired) electrons. The minimum absolute atomic E-state index is 0.0285. The van der Waals surface area contributed by atoms with Crippen LogP contribution in [0.3, 0.4) is 0 Å². The highest BCUT2D eigenvalue weighted by atomic mass is 19.1. The number of hydrogen-bond acceptors (Lipinski definition) is 2. The lowest BCUT2D eigenvalue weighted by molar-refractivity contribution is 0.309. The van der Waals surface area contributed by atoms with Crippen LogP contribution < -0.4 is 5.32 Å². The minimum Gasteiger partial charge on any atom is -0.310 e. The largest absolute Gasteiger partial charge is 0.310 e. The summed E-state index contributed by atoms with van der Waals surface area (Å²) in [6, 6.07) is 3.85. The Labute approximate surface area is 120 Å². The quantitative estimate of drug-likeness (QED) is 0.823. The Morgan fingerprint density at radius 1 is 1.15 bits per heavy atom. The van der Waals surface area contributed by atoms with E-state index in [1.54, 1.807) is 0 Å². The van der Waals surface area contributed by atoms with Gasteiger partial charge in [-0.15, -0.1) is 0 Å². The maximum absolute atomic E-state index is 13.4. The molecule has 4 heteroatoms. The zero-order valence-electron chi connectivity index (χ0n) is 12.2. The number of halogens is 2. The summed E-state index contributed by atoms with van der Waals surface area (Å²) in [6.45, 7) is 6.25. The van der Waals surface area contributed by atoms with Crippen molar-refractivity contribution >= 4 is 0 Å². The molecule has 0 aliphatic carbocycles. The van der Waals surface area contributed by atoms with Gasteiger partial charge in [0.2, 0.25) is 0 Å². The Morgan fingerprint density at radius 2 is 1.80 bits per heavy atom. The van der Waals surface area contributed by atoms with E-state index in [1.165, 1.54) is 25.0 Å². The second-order valence-corrected chi connectivity index (χ2v) is 5.55. The first kappa shape index (κ1) is 15.4. The van der Waals surface area contributed by atoms with E-state index in [9.17, 15) is 8.78 Å². The summed E-state index contributed by atoms with van der Waals surface area (Å²) < 4.78 is 26.7. The standard InChI is InChI=1S/C16H24F2N2/c1-2-6-19-16(5-9-20-7-3-4-8-20)13-10-14(17)12-15(18)11-13/h10-12,16,19H,2-9H2,1H3. The molecule has 1 N–H and O–H groups in total. The minimum atomic E-state index is -0.496. The van der Waals surface area contributed by atoms with E-state index in [0.717, 1.165) is 50.7 Å². The van der Waals surface area contributed by atoms with Crippen LogP contribution >= 0.6 is 0 Å². The summed E-state index contributed by atoms with van der Waals surface area (Å²) in [5.41, 5.74) is 0.718. The molecule has 0 spiro atoms. The van der Waals surface area contributed by atoms with Gasteiger partial charge in [-0.1, -0.05) is 6.92 Å². The van der Waals surface area contributed by atoms with Crippen molar-refractivity contribution in [3.63, 3.8) is 0 Å². The third-order valence-corrected chi connectivity index (χ3v) is 3.86. The molecule has 2 rings (SSSR count). The van der Waals surface area contributed by atoms with Crippen LogP contribution in [0.25, 0.3) is 0 Å². The Hall–Kier alpha value is -1.00. The van der Waals surface area contributed by atoms with Gasteiger partial charge >= 0.3 is 0 Å². The number of nitrogens with one attached hydrogen (secondary N) is 1. The Bertz CT molecular complexity index is 397. The molecule has 2 nitrogen and oxygen atoms in total. The molecule has 0 aromatic heterocycles. The van der Waals surface area contributed by atoms with Crippen molar-refractivity contribution in [2.24, 2.45) is 0 Å². The van der Waals surface area contributed by atoms with Crippen molar-refractivity contribution in [3.8, 4) is 0 Å². The summed E-state index contributed by atoms with van der Waals surface area (Å²) in [5, 5.41) is 3.40. The van der Waals surface area contributed by atoms with Crippen LogP contribution in [0.15, 0.2) is 18.2 Å². The van der Waals surface area contributed by atoms with E-state index in [-0.39, 0.29) is 6.04 Å². The van der Waals surface area contributed by atoms with Crippen LogP contribution in [0.1, 0.15) is 44.2 Å². The molecule has 1 aliphatic heterocycles. The summed E-state index contributed by atoms with van der Waals surface area (Å²) in [6.07, 6.45) is 4.43. The first-order valence-corrected chi connectivity index (χ1v) is 7.60. The fourth-order valence-electron chi connectivity index (χ4n) is 2.80. The van der Waals surface area contributed by atoms with Crippen molar-refractivity contribution in [2.75, 3.05) is 26.2 Å². The molecule has 1 fully saturated rings. The smallest absolute Gasteiger partial charge is 0.126 e. The molecule has 1 saturated heterocycles. The Kier molecular flexibility index (Phi) is 5.92. The predicted octanol–water partition coefficient (Wildman–Crippen LogP) is 3.49. The van der Waals surface area contributed by atoms with Gasteiger partial charge in [0.15, 0.2) is 0 Å². The molecule has 1 aromatic carbocycles. The monoisotopic (exact) mass is 282 g/mol. The van der Waals surface area contributed by atoms with Crippen molar-refractivity contribution in [1.29, 1.82) is 0 Å². The fraction of sp³-hybridized carbons (Fsp3) is 0.625. The Balaban J connectivity index is 2.00. The summed E-state index contributed by atoms with van der Waals surface area (Å²) in [7, 11) is 0. The van der Waals surface area contributed by atoms with Gasteiger partial charge in [-0.25, -0.2) is 8.78 Å². The highest BCUT2D eigenvalue weighted by Gasteiger charge is 2.17. The molecule has 1 unspecified atom stereocenters. The molecule has 1 atom stereocenters. The normalized spacial score (nSPS) is 17.6. The van der Waals surface area contributed by atoms with E-state index in [1.807, 2.05) is 0 Å². The van der Waals surface area contributed by atoms with Gasteiger partial charge in [-0.3, -0.25) is 0 Å². The van der Waals surface area contributed by atoms with Gasteiger partial charge in [-0.05, 0) is 69.6 Å². The van der Waals surface area contributed by atoms with E-state index < -0.39 is 11.6 Å². The molecule has 0 amide bonds. The number of likely N-dealkylation sites (tertiary alicyclic amines) is 1. The van der Waals surface area contributed by atoms with Gasteiger partial charge in [0.25, 0.3) is 0 Å². The average molecular weight is 282 g/mol. The summed E-state index contributed by atoms with van der Waals surface area (Å²) >= 11 is 0. The van der Waals surface area contributed by atoms with Crippen molar-refractivity contribution in [3.05, 3.63) is 35.4 Å². The highest BCUT2D eigenvalue weighted by molar-refractivity contribution is 5.21. The van der Waals surface area contributed by atoms with Crippen LogP contribution in [-0.2, 0) is 0 Å². The Morgan fingerprint density at radius 3 is 2.40 bits per heavy atom. The van der Waals surface area contributed by atoms with Crippen LogP contribution in [0.2, 0.25) is 0 Å². The molecule has 0 saturated carbocycles. The van der Waals surface area contributed by atoms with Gasteiger partial charge in [0.1, 0.15) is 11.6 Å². The lowest BCUT2D eigenvalue weighted by Gasteiger charge is -2.22. The van der Waals surface area contributed by atoms with E-state index in [0.29, 0.717) is 0 Å². The van der Waals surface area contributed by atoms with Crippen LogP contribution in [0.5, 0.6) is 0 Å². The SMILES string of the molecule is CCCNC(CCN1CCCC1)c1cc(F)cc(F)c1. The molecule has 112 valence electrons. The molecular weight excluding hydrogens is 258 g/mol. The zero-order chi connectivity index (χ0) is 14.4. The van der Waals surface area contributed by atoms with Crippen LogP contribution in [0.4, 0.5) is 8.78 Å². The molecule has 1 aliphatic rings. The lowest BCUT2D eigenvalue weighted by Crippen LogP contribution is -2.28. The van der Waals surface area contributed by atoms with Crippen molar-refractivity contribution < 1.29 is 8.78 Å². The predicted molar refractivity (Wildman–Crippen MR) is 77.7 cm³/mol. The first-order chi connectivity index (χ1) is 9.69. The topological polar surface area (TPSA) is 15.3 Å². The third kappa shape index (κ3) is 4.53. The molecule has 1 heterocycles. The first-order valence-electron chi connectivity index (χ1n) is 7.60. The third-order valence-electron chi connectivity index (χ3n) is 3.86. The number of hydrogen-bond donors (Lipinski definition) is 1. The summed E-state index contributed by atoms with van der Waals surface area (Å²) in [5.74, 6) is -0.992. The maximum Gasteiger partial charge on any atom is 0.126 e. The van der Waals surface area contributed by atoms with E-state index in [2.05, 4.69) is 17.1 Å². The molecule has 20 heavy (non-hydrogen) atoms. The second kappa shape index (κ2) is 7.70. The maximum atomic E-state index is 13.4. The van der Waals surface area contributed by atoms with Gasteiger partial charge in [-0.2, -0.15) is 0 Å². The molecule has 0 bridgehead atoms. The van der Waals surface area contributed by atoms with Crippen LogP contribution in [-0.4, -0.2) is 31.1 Å². The summed E-state index contributed by atoms with van der Waals surface area (Å²) in [4.78, 5) is 2.43. The highest BCUT2D eigenvalue weighted by Crippen LogP contribution is 2.21. The van der Waals surface area contributed by atoms with Gasteiger partial charge < -0.3 is 10.2 Å². The van der Waals surface area contributed by atoms with Crippen molar-refractivity contribution in [2.45, 2.75) is 38.6 Å². The number of benzene rings is 1.